The number of aromatic nitrogens is 1. The molecule has 0 aliphatic heterocycles. The smallest absolute Gasteiger partial charge is 0.361 e. The lowest BCUT2D eigenvalue weighted by atomic mass is 9.87. The number of alkyl halides is 3. The Morgan fingerprint density at radius 1 is 0.744 bits per heavy atom. The van der Waals surface area contributed by atoms with E-state index in [0.29, 0.717) is 18.5 Å². The highest BCUT2D eigenvalue weighted by Gasteiger charge is 2.32. The maximum Gasteiger partial charge on any atom is 0.416 e. The predicted molar refractivity (Wildman–Crippen MR) is 149 cm³/mol. The molecule has 6 heteroatoms. The third-order valence-corrected chi connectivity index (χ3v) is 7.16. The van der Waals surface area contributed by atoms with Gasteiger partial charge in [0, 0.05) is 41.9 Å². The molecule has 1 aromatic heterocycles. The molecule has 0 unspecified atom stereocenters. The van der Waals surface area contributed by atoms with E-state index in [2.05, 4.69) is 34.6 Å². The first-order valence-electron chi connectivity index (χ1n) is 13.0. The van der Waals surface area contributed by atoms with Crippen LogP contribution in [0.2, 0.25) is 0 Å². The number of hydrogen-bond donors (Lipinski definition) is 2. The Labute approximate surface area is 225 Å². The summed E-state index contributed by atoms with van der Waals surface area (Å²) in [7, 11) is 0. The van der Waals surface area contributed by atoms with Crippen molar-refractivity contribution in [2.45, 2.75) is 30.9 Å². The SMILES string of the molecule is O=C(C[C@H](c1cccc(C(F)(F)F)c1)c1c[nH]c2ccccc12)NCCC(c1ccccc1)c1ccccc1. The van der Waals surface area contributed by atoms with E-state index in [0.717, 1.165) is 28.6 Å². The quantitative estimate of drug-likeness (QED) is 0.201. The van der Waals surface area contributed by atoms with E-state index >= 15 is 0 Å². The summed E-state index contributed by atoms with van der Waals surface area (Å²) in [6, 6.07) is 33.2. The molecule has 1 atom stereocenters. The Kier molecular flexibility index (Phi) is 7.82. The van der Waals surface area contributed by atoms with Gasteiger partial charge in [0.15, 0.2) is 0 Å². The van der Waals surface area contributed by atoms with Gasteiger partial charge in [0.1, 0.15) is 0 Å². The van der Waals surface area contributed by atoms with Gasteiger partial charge in [0.05, 0.1) is 5.56 Å². The van der Waals surface area contributed by atoms with E-state index in [9.17, 15) is 18.0 Å². The Morgan fingerprint density at radius 3 is 2.03 bits per heavy atom. The number of halogens is 3. The minimum Gasteiger partial charge on any atom is -0.361 e. The Balaban J connectivity index is 1.36. The molecule has 0 bridgehead atoms. The summed E-state index contributed by atoms with van der Waals surface area (Å²) in [5.74, 6) is -0.634. The fourth-order valence-corrected chi connectivity index (χ4v) is 5.23. The van der Waals surface area contributed by atoms with Crippen molar-refractivity contribution in [2.24, 2.45) is 0 Å². The van der Waals surface area contributed by atoms with E-state index in [1.54, 1.807) is 12.3 Å². The normalized spacial score (nSPS) is 12.5. The highest BCUT2D eigenvalue weighted by molar-refractivity contribution is 5.86. The molecule has 4 aromatic carbocycles. The molecule has 0 saturated carbocycles. The summed E-state index contributed by atoms with van der Waals surface area (Å²) in [5.41, 5.74) is 3.73. The maximum atomic E-state index is 13.5. The van der Waals surface area contributed by atoms with E-state index in [-0.39, 0.29) is 18.2 Å². The van der Waals surface area contributed by atoms with E-state index < -0.39 is 17.7 Å². The van der Waals surface area contributed by atoms with E-state index in [1.807, 2.05) is 60.7 Å². The number of carbonyl (C=O) groups is 1. The third kappa shape index (κ3) is 6.23. The molecular weight excluding hydrogens is 497 g/mol. The molecule has 0 aliphatic rings. The van der Waals surface area contributed by atoms with Crippen LogP contribution in [0.25, 0.3) is 10.9 Å². The number of fused-ring (bicyclic) bond motifs is 1. The molecule has 0 fully saturated rings. The molecular formula is C33H29F3N2O. The molecule has 39 heavy (non-hydrogen) atoms. The summed E-state index contributed by atoms with van der Waals surface area (Å²) in [6.45, 7) is 0.441. The molecule has 0 radical (unpaired) electrons. The first kappa shape index (κ1) is 26.3. The van der Waals surface area contributed by atoms with Gasteiger partial charge in [0.25, 0.3) is 0 Å². The molecule has 1 heterocycles. The average molecular weight is 527 g/mol. The summed E-state index contributed by atoms with van der Waals surface area (Å²) in [6.07, 6.45) is -1.94. The van der Waals surface area contributed by atoms with Crippen LogP contribution < -0.4 is 5.32 Å². The molecule has 0 saturated heterocycles. The summed E-state index contributed by atoms with van der Waals surface area (Å²) < 4.78 is 40.6. The number of amides is 1. The van der Waals surface area contributed by atoms with Gasteiger partial charge in [-0.2, -0.15) is 13.2 Å². The molecule has 5 rings (SSSR count). The molecule has 198 valence electrons. The standard InChI is InChI=1S/C33H29F3N2O/c34-33(35,36)26-15-9-14-25(20-26)29(30-22-38-31-17-8-7-16-28(30)31)21-32(39)37-19-18-27(23-10-3-1-4-11-23)24-12-5-2-6-13-24/h1-17,20,22,27,29,38H,18-19,21H2,(H,37,39)/t29-/m1/s1. The topological polar surface area (TPSA) is 44.9 Å². The zero-order valence-electron chi connectivity index (χ0n) is 21.3. The summed E-state index contributed by atoms with van der Waals surface area (Å²) >= 11 is 0. The molecule has 2 N–H and O–H groups in total. The Hall–Kier alpha value is -4.32. The van der Waals surface area contributed by atoms with Gasteiger partial charge >= 0.3 is 6.18 Å². The highest BCUT2D eigenvalue weighted by atomic mass is 19.4. The lowest BCUT2D eigenvalue weighted by molar-refractivity contribution is -0.137. The van der Waals surface area contributed by atoms with Crippen molar-refractivity contribution >= 4 is 16.8 Å². The monoisotopic (exact) mass is 526 g/mol. The van der Waals surface area contributed by atoms with Gasteiger partial charge in [-0.05, 0) is 40.8 Å². The number of nitrogens with one attached hydrogen (secondary N) is 2. The highest BCUT2D eigenvalue weighted by Crippen LogP contribution is 2.37. The number of benzene rings is 4. The van der Waals surface area contributed by atoms with Crippen LogP contribution in [0.15, 0.2) is 115 Å². The predicted octanol–water partition coefficient (Wildman–Crippen LogP) is 8.05. The van der Waals surface area contributed by atoms with Crippen LogP contribution in [-0.2, 0) is 11.0 Å². The lowest BCUT2D eigenvalue weighted by Crippen LogP contribution is -2.27. The first-order valence-corrected chi connectivity index (χ1v) is 13.0. The number of H-pyrrole nitrogens is 1. The summed E-state index contributed by atoms with van der Waals surface area (Å²) in [4.78, 5) is 16.4. The van der Waals surface area contributed by atoms with Crippen LogP contribution in [0, 0.1) is 0 Å². The first-order chi connectivity index (χ1) is 18.9. The minimum atomic E-state index is -4.47. The second-order valence-corrected chi connectivity index (χ2v) is 9.68. The van der Waals surface area contributed by atoms with Gasteiger partial charge < -0.3 is 10.3 Å². The second kappa shape index (κ2) is 11.6. The van der Waals surface area contributed by atoms with Gasteiger partial charge in [-0.25, -0.2) is 0 Å². The Bertz CT molecular complexity index is 1490. The van der Waals surface area contributed by atoms with Crippen molar-refractivity contribution < 1.29 is 18.0 Å². The van der Waals surface area contributed by atoms with Crippen LogP contribution in [0.4, 0.5) is 13.2 Å². The zero-order valence-corrected chi connectivity index (χ0v) is 21.3. The number of hydrogen-bond acceptors (Lipinski definition) is 1. The fourth-order valence-electron chi connectivity index (χ4n) is 5.23. The van der Waals surface area contributed by atoms with Crippen molar-refractivity contribution in [2.75, 3.05) is 6.54 Å². The third-order valence-electron chi connectivity index (χ3n) is 7.16. The van der Waals surface area contributed by atoms with Crippen LogP contribution in [0.1, 0.15) is 52.5 Å². The van der Waals surface area contributed by atoms with Gasteiger partial charge in [0.2, 0.25) is 5.91 Å². The fraction of sp³-hybridized carbons (Fsp3) is 0.182. The number of para-hydroxylation sites is 1. The number of carbonyl (C=O) groups excluding carboxylic acids is 1. The number of aromatic amines is 1. The Morgan fingerprint density at radius 2 is 1.36 bits per heavy atom. The van der Waals surface area contributed by atoms with Gasteiger partial charge in [-0.1, -0.05) is 97.1 Å². The van der Waals surface area contributed by atoms with Crippen LogP contribution in [-0.4, -0.2) is 17.4 Å². The second-order valence-electron chi connectivity index (χ2n) is 9.68. The number of rotatable bonds is 9. The lowest BCUT2D eigenvalue weighted by Gasteiger charge is -2.20. The van der Waals surface area contributed by atoms with Crippen molar-refractivity contribution in [1.29, 1.82) is 0 Å². The van der Waals surface area contributed by atoms with Crippen LogP contribution in [0.3, 0.4) is 0 Å². The largest absolute Gasteiger partial charge is 0.416 e. The van der Waals surface area contributed by atoms with Crippen molar-refractivity contribution in [3.05, 3.63) is 143 Å². The summed E-state index contributed by atoms with van der Waals surface area (Å²) in [5, 5.41) is 3.93. The minimum absolute atomic E-state index is 0.0322. The van der Waals surface area contributed by atoms with E-state index in [4.69, 9.17) is 0 Å². The average Bonchev–Trinajstić information content (AvgIpc) is 3.38. The molecule has 3 nitrogen and oxygen atoms in total. The van der Waals surface area contributed by atoms with Gasteiger partial charge in [-0.3, -0.25) is 4.79 Å². The van der Waals surface area contributed by atoms with Crippen molar-refractivity contribution in [1.82, 2.24) is 10.3 Å². The van der Waals surface area contributed by atoms with Crippen molar-refractivity contribution in [3.8, 4) is 0 Å². The molecule has 0 aliphatic carbocycles. The van der Waals surface area contributed by atoms with Crippen LogP contribution in [0.5, 0.6) is 0 Å². The van der Waals surface area contributed by atoms with Gasteiger partial charge in [-0.15, -0.1) is 0 Å². The maximum absolute atomic E-state index is 13.5. The molecule has 5 aromatic rings. The molecule has 1 amide bonds. The van der Waals surface area contributed by atoms with Crippen LogP contribution >= 0.6 is 0 Å². The van der Waals surface area contributed by atoms with Crippen molar-refractivity contribution in [3.63, 3.8) is 0 Å². The molecule has 0 spiro atoms. The zero-order chi connectivity index (χ0) is 27.2. The van der Waals surface area contributed by atoms with E-state index in [1.165, 1.54) is 17.2 Å².